The largest absolute Gasteiger partial charge is 0.388 e. The molecule has 0 bridgehead atoms. The molecule has 220 valence electrons. The molecule has 0 saturated carbocycles. The Kier molecular flexibility index (Phi) is 16.1. The van der Waals surface area contributed by atoms with Crippen molar-refractivity contribution in [3.63, 3.8) is 0 Å². The highest BCUT2D eigenvalue weighted by Crippen LogP contribution is 2.37. The summed E-state index contributed by atoms with van der Waals surface area (Å²) in [6.45, 7) is 28.1. The van der Waals surface area contributed by atoms with Crippen LogP contribution in [0.1, 0.15) is 110 Å². The Bertz CT molecular complexity index is 1150. The molecule has 3 heteroatoms. The van der Waals surface area contributed by atoms with Crippen LogP contribution in [0.2, 0.25) is 0 Å². The first-order valence-electron chi connectivity index (χ1n) is 15.4. The number of hydrogen-bond donors (Lipinski definition) is 2. The second kappa shape index (κ2) is 18.4. The lowest BCUT2D eigenvalue weighted by atomic mass is 9.87. The third-order valence-corrected chi connectivity index (χ3v) is 8.00. The number of nitrogens with one attached hydrogen (secondary N) is 2. The van der Waals surface area contributed by atoms with Crippen LogP contribution in [0, 0.1) is 18.8 Å². The summed E-state index contributed by atoms with van der Waals surface area (Å²) in [5, 5.41) is 4.88. The van der Waals surface area contributed by atoms with Gasteiger partial charge in [0.05, 0.1) is 0 Å². The SMILES string of the molecule is C#C.C=C/C=C(\C=C(\C)C(C)CC)c1[nH]c2ccc(C3CCN(C/C(=C/C)NCC)CC3)cc2c1C(C)C.CC. The Morgan fingerprint density at radius 1 is 1.15 bits per heavy atom. The van der Waals surface area contributed by atoms with Crippen molar-refractivity contribution >= 4 is 16.5 Å². The van der Waals surface area contributed by atoms with Gasteiger partial charge in [-0.1, -0.05) is 84.1 Å². The molecule has 1 aliphatic heterocycles. The van der Waals surface area contributed by atoms with Gasteiger partial charge in [-0.2, -0.15) is 0 Å². The number of terminal acetylenes is 1. The fraction of sp³-hybridized carbons (Fsp3) is 0.514. The van der Waals surface area contributed by atoms with Crippen LogP contribution in [0.25, 0.3) is 16.5 Å². The standard InChI is InChI=1S/C33H49N3.C2H6.C2H2/c1-9-13-28(20-25(8)24(7)10-2)33-32(23(5)6)30-21-27(14-15-31(30)35-33)26-16-18-36(19-17-26)22-29(11-3)34-12-4;2*1-2/h9,11,13-15,20-21,23-24,26,34-35H,1,10,12,16-19,22H2,2-8H3;1-2H3;1-2H/b25-20-,28-13+,29-11-;;. The molecule has 3 rings (SSSR count). The lowest BCUT2D eigenvalue weighted by molar-refractivity contribution is 0.225. The number of nitrogens with zero attached hydrogens (tertiary/aromatic N) is 1. The molecular formula is C37H57N3. The number of aromatic nitrogens is 1. The van der Waals surface area contributed by atoms with Crippen molar-refractivity contribution in [3.05, 3.63) is 77.2 Å². The number of likely N-dealkylation sites (N-methyl/N-ethyl adjacent to an activating group) is 1. The van der Waals surface area contributed by atoms with Crippen LogP contribution in [-0.4, -0.2) is 36.1 Å². The molecule has 1 fully saturated rings. The minimum Gasteiger partial charge on any atom is -0.388 e. The van der Waals surface area contributed by atoms with E-state index in [9.17, 15) is 0 Å². The summed E-state index contributed by atoms with van der Waals surface area (Å²) in [6, 6.07) is 7.16. The second-order valence-electron chi connectivity index (χ2n) is 10.8. The van der Waals surface area contributed by atoms with E-state index in [0.717, 1.165) is 32.6 Å². The highest BCUT2D eigenvalue weighted by molar-refractivity contribution is 5.92. The molecule has 0 radical (unpaired) electrons. The maximum absolute atomic E-state index is 4.01. The zero-order valence-corrected chi connectivity index (χ0v) is 27.0. The average molecular weight is 544 g/mol. The van der Waals surface area contributed by atoms with Crippen molar-refractivity contribution in [3.8, 4) is 12.8 Å². The first-order chi connectivity index (χ1) is 19.3. The molecule has 3 nitrogen and oxygen atoms in total. The van der Waals surface area contributed by atoms with E-state index in [1.54, 1.807) is 0 Å². The van der Waals surface area contributed by atoms with Gasteiger partial charge in [-0.05, 0) is 99.7 Å². The van der Waals surface area contributed by atoms with Crippen LogP contribution in [0.3, 0.4) is 0 Å². The normalized spacial score (nSPS) is 16.1. The maximum atomic E-state index is 4.01. The molecule has 0 amide bonds. The van der Waals surface area contributed by atoms with Crippen LogP contribution >= 0.6 is 0 Å². The smallest absolute Gasteiger partial charge is 0.0499 e. The van der Waals surface area contributed by atoms with E-state index < -0.39 is 0 Å². The molecule has 1 aliphatic rings. The predicted molar refractivity (Wildman–Crippen MR) is 181 cm³/mol. The van der Waals surface area contributed by atoms with E-state index >= 15 is 0 Å². The van der Waals surface area contributed by atoms with Crippen molar-refractivity contribution in [2.45, 2.75) is 93.4 Å². The number of aromatic amines is 1. The number of benzene rings is 1. The minimum absolute atomic E-state index is 0.432. The van der Waals surface area contributed by atoms with E-state index in [2.05, 4.69) is 120 Å². The first kappa shape index (κ1) is 35.1. The lowest BCUT2D eigenvalue weighted by Gasteiger charge is -2.33. The Hall–Kier alpha value is -2.96. The number of piperidine rings is 1. The third-order valence-electron chi connectivity index (χ3n) is 8.00. The number of rotatable bonds is 11. The van der Waals surface area contributed by atoms with Gasteiger partial charge in [-0.25, -0.2) is 0 Å². The molecule has 1 unspecified atom stereocenters. The number of hydrogen-bond acceptors (Lipinski definition) is 2. The highest BCUT2D eigenvalue weighted by Gasteiger charge is 2.23. The highest BCUT2D eigenvalue weighted by atomic mass is 15.1. The van der Waals surface area contributed by atoms with Crippen molar-refractivity contribution in [2.24, 2.45) is 5.92 Å². The van der Waals surface area contributed by atoms with Gasteiger partial charge in [0.15, 0.2) is 0 Å². The van der Waals surface area contributed by atoms with Gasteiger partial charge in [0, 0.05) is 35.4 Å². The number of likely N-dealkylation sites (tertiary alicyclic amines) is 1. The maximum Gasteiger partial charge on any atom is 0.0499 e. The van der Waals surface area contributed by atoms with Gasteiger partial charge >= 0.3 is 0 Å². The number of fused-ring (bicyclic) bond motifs is 1. The van der Waals surface area contributed by atoms with Crippen LogP contribution in [0.15, 0.2) is 60.4 Å². The third kappa shape index (κ3) is 9.31. The van der Waals surface area contributed by atoms with Gasteiger partial charge in [-0.3, -0.25) is 4.90 Å². The van der Waals surface area contributed by atoms with Crippen LogP contribution in [-0.2, 0) is 0 Å². The van der Waals surface area contributed by atoms with E-state index in [0.29, 0.717) is 17.8 Å². The second-order valence-corrected chi connectivity index (χ2v) is 10.8. The van der Waals surface area contributed by atoms with E-state index in [4.69, 9.17) is 0 Å². The molecule has 2 aromatic rings. The van der Waals surface area contributed by atoms with Crippen molar-refractivity contribution in [1.29, 1.82) is 0 Å². The topological polar surface area (TPSA) is 31.1 Å². The molecule has 1 aromatic heterocycles. The summed E-state index contributed by atoms with van der Waals surface area (Å²) < 4.78 is 0. The summed E-state index contributed by atoms with van der Waals surface area (Å²) in [5.74, 6) is 1.64. The van der Waals surface area contributed by atoms with Gasteiger partial charge < -0.3 is 10.3 Å². The molecule has 1 aromatic carbocycles. The fourth-order valence-electron chi connectivity index (χ4n) is 5.49. The fourth-order valence-corrected chi connectivity index (χ4v) is 5.49. The van der Waals surface area contributed by atoms with Crippen molar-refractivity contribution in [1.82, 2.24) is 15.2 Å². The predicted octanol–water partition coefficient (Wildman–Crippen LogP) is 9.82. The van der Waals surface area contributed by atoms with Gasteiger partial charge in [-0.15, -0.1) is 12.8 Å². The van der Waals surface area contributed by atoms with Crippen molar-refractivity contribution in [2.75, 3.05) is 26.2 Å². The molecule has 1 atom stereocenters. The monoisotopic (exact) mass is 543 g/mol. The molecule has 2 heterocycles. The number of allylic oxidation sites excluding steroid dienone is 6. The Labute approximate surface area is 246 Å². The van der Waals surface area contributed by atoms with E-state index in [1.165, 1.54) is 57.4 Å². The van der Waals surface area contributed by atoms with Gasteiger partial charge in [0.25, 0.3) is 0 Å². The number of H-pyrrole nitrogens is 1. The van der Waals surface area contributed by atoms with E-state index in [1.807, 2.05) is 19.9 Å². The minimum atomic E-state index is 0.432. The van der Waals surface area contributed by atoms with Gasteiger partial charge in [0.2, 0.25) is 0 Å². The Balaban J connectivity index is 0.00000191. The van der Waals surface area contributed by atoms with Crippen LogP contribution in [0.4, 0.5) is 0 Å². The van der Waals surface area contributed by atoms with Crippen LogP contribution in [0.5, 0.6) is 0 Å². The molecule has 0 aliphatic carbocycles. The molecule has 40 heavy (non-hydrogen) atoms. The summed E-state index contributed by atoms with van der Waals surface area (Å²) in [6.07, 6.45) is 20.2. The van der Waals surface area contributed by atoms with Crippen molar-refractivity contribution < 1.29 is 0 Å². The van der Waals surface area contributed by atoms with E-state index in [-0.39, 0.29) is 0 Å². The Morgan fingerprint density at radius 3 is 2.33 bits per heavy atom. The quantitative estimate of drug-likeness (QED) is 0.218. The summed E-state index contributed by atoms with van der Waals surface area (Å²) in [7, 11) is 0. The molecule has 0 spiro atoms. The van der Waals surface area contributed by atoms with Gasteiger partial charge in [0.1, 0.15) is 0 Å². The first-order valence-corrected chi connectivity index (χ1v) is 15.4. The Morgan fingerprint density at radius 2 is 1.80 bits per heavy atom. The molecule has 1 saturated heterocycles. The summed E-state index contributed by atoms with van der Waals surface area (Å²) in [4.78, 5) is 6.38. The van der Waals surface area contributed by atoms with Crippen LogP contribution < -0.4 is 5.32 Å². The zero-order chi connectivity index (χ0) is 30.2. The molecular weight excluding hydrogens is 486 g/mol. The summed E-state index contributed by atoms with van der Waals surface area (Å²) in [5.41, 5.74) is 9.40. The average Bonchev–Trinajstić information content (AvgIpc) is 3.37. The zero-order valence-electron chi connectivity index (χ0n) is 27.0. The molecule has 2 N–H and O–H groups in total. The summed E-state index contributed by atoms with van der Waals surface area (Å²) >= 11 is 0. The lowest BCUT2D eigenvalue weighted by Crippen LogP contribution is -2.36.